The number of nitrogens with zero attached hydrogens (tertiary/aromatic N) is 3. The monoisotopic (exact) mass is 351 g/mol. The maximum Gasteiger partial charge on any atom is 0.191 e. The minimum absolute atomic E-state index is 0.0606. The van der Waals surface area contributed by atoms with Crippen molar-refractivity contribution in [3.63, 3.8) is 0 Å². The maximum absolute atomic E-state index is 5.60. The van der Waals surface area contributed by atoms with Crippen LogP contribution in [0.5, 0.6) is 0 Å². The van der Waals surface area contributed by atoms with E-state index >= 15 is 0 Å². The molecule has 1 rings (SSSR count). The Labute approximate surface area is 153 Å². The van der Waals surface area contributed by atoms with Gasteiger partial charge >= 0.3 is 0 Å². The summed E-state index contributed by atoms with van der Waals surface area (Å²) >= 11 is 0. The molecule has 0 aliphatic heterocycles. The van der Waals surface area contributed by atoms with Crippen LogP contribution in [0, 0.1) is 19.3 Å². The van der Waals surface area contributed by atoms with Crippen molar-refractivity contribution < 1.29 is 4.74 Å². The fourth-order valence-electron chi connectivity index (χ4n) is 2.90. The van der Waals surface area contributed by atoms with E-state index in [1.807, 2.05) is 11.7 Å². The van der Waals surface area contributed by atoms with Gasteiger partial charge in [-0.15, -0.1) is 0 Å². The van der Waals surface area contributed by atoms with Crippen LogP contribution in [-0.2, 0) is 18.2 Å². The van der Waals surface area contributed by atoms with Gasteiger partial charge < -0.3 is 15.4 Å². The number of aryl methyl sites for hydroxylation is 2. The zero-order chi connectivity index (χ0) is 19.2. The molecule has 0 aliphatic rings. The smallest absolute Gasteiger partial charge is 0.191 e. The second-order valence-corrected chi connectivity index (χ2v) is 7.83. The largest absolute Gasteiger partial charge is 0.379 e. The third-order valence-electron chi connectivity index (χ3n) is 4.56. The molecule has 2 N–H and O–H groups in total. The Balaban J connectivity index is 2.77. The van der Waals surface area contributed by atoms with Crippen LogP contribution in [0.1, 0.15) is 51.6 Å². The summed E-state index contributed by atoms with van der Waals surface area (Å²) in [6.07, 6.45) is 1.00. The first-order chi connectivity index (χ1) is 11.6. The summed E-state index contributed by atoms with van der Waals surface area (Å²) in [6.45, 7) is 16.4. The second kappa shape index (κ2) is 9.22. The normalized spacial score (nSPS) is 15.2. The summed E-state index contributed by atoms with van der Waals surface area (Å²) in [5.74, 6) is 0.834. The molecule has 6 nitrogen and oxygen atoms in total. The summed E-state index contributed by atoms with van der Waals surface area (Å²) in [5.41, 5.74) is 3.69. The minimum atomic E-state index is 0.0606. The van der Waals surface area contributed by atoms with Gasteiger partial charge in [0.15, 0.2) is 5.96 Å². The van der Waals surface area contributed by atoms with Crippen molar-refractivity contribution >= 4 is 5.96 Å². The topological polar surface area (TPSA) is 63.5 Å². The quantitative estimate of drug-likeness (QED) is 0.585. The number of ether oxygens (including phenoxy) is 1. The summed E-state index contributed by atoms with van der Waals surface area (Å²) in [4.78, 5) is 4.73. The number of hydrogen-bond acceptors (Lipinski definition) is 3. The van der Waals surface area contributed by atoms with Gasteiger partial charge in [0.2, 0.25) is 0 Å². The number of rotatable bonds is 7. The van der Waals surface area contributed by atoms with E-state index in [1.54, 1.807) is 7.11 Å². The summed E-state index contributed by atoms with van der Waals surface area (Å²) < 4.78 is 7.55. The van der Waals surface area contributed by atoms with E-state index in [0.29, 0.717) is 6.54 Å². The fraction of sp³-hybridized carbons (Fsp3) is 0.789. The Hall–Kier alpha value is -1.56. The van der Waals surface area contributed by atoms with Crippen molar-refractivity contribution in [3.8, 4) is 0 Å². The summed E-state index contributed by atoms with van der Waals surface area (Å²) in [7, 11) is 3.75. The van der Waals surface area contributed by atoms with Gasteiger partial charge in [-0.3, -0.25) is 9.67 Å². The van der Waals surface area contributed by atoms with Gasteiger partial charge in [-0.05, 0) is 45.1 Å². The number of hydrogen-bond donors (Lipinski definition) is 2. The third kappa shape index (κ3) is 6.34. The lowest BCUT2D eigenvalue weighted by Gasteiger charge is -2.28. The van der Waals surface area contributed by atoms with E-state index in [1.165, 1.54) is 11.3 Å². The molecule has 1 aromatic heterocycles. The lowest BCUT2D eigenvalue weighted by molar-refractivity contribution is 0.0241. The molecule has 1 heterocycles. The van der Waals surface area contributed by atoms with Crippen LogP contribution in [0.15, 0.2) is 4.99 Å². The standard InChI is InChI=1S/C19H37N5O/c1-10-20-18(21-12-17(25-9)19(5,6)7)22-13(2)11-16-14(3)23-24(8)15(16)4/h13,17H,10-12H2,1-9H3,(H2,20,21,22). The minimum Gasteiger partial charge on any atom is -0.379 e. The van der Waals surface area contributed by atoms with Gasteiger partial charge in [-0.25, -0.2) is 0 Å². The average molecular weight is 352 g/mol. The Morgan fingerprint density at radius 1 is 1.32 bits per heavy atom. The van der Waals surface area contributed by atoms with Crippen LogP contribution in [-0.4, -0.2) is 48.1 Å². The van der Waals surface area contributed by atoms with Crippen molar-refractivity contribution in [2.24, 2.45) is 17.5 Å². The molecule has 0 aromatic carbocycles. The summed E-state index contributed by atoms with van der Waals surface area (Å²) in [6, 6.07) is 0.259. The highest BCUT2D eigenvalue weighted by molar-refractivity contribution is 5.80. The summed E-state index contributed by atoms with van der Waals surface area (Å²) in [5, 5.41) is 11.3. The van der Waals surface area contributed by atoms with Crippen LogP contribution in [0.4, 0.5) is 0 Å². The van der Waals surface area contributed by atoms with Crippen molar-refractivity contribution in [2.75, 3.05) is 20.2 Å². The highest BCUT2D eigenvalue weighted by atomic mass is 16.5. The second-order valence-electron chi connectivity index (χ2n) is 7.83. The maximum atomic E-state index is 5.60. The van der Waals surface area contributed by atoms with Crippen molar-refractivity contribution in [3.05, 3.63) is 17.0 Å². The molecular weight excluding hydrogens is 314 g/mol. The molecular formula is C19H37N5O. The number of aliphatic imine (C=N–C) groups is 1. The number of nitrogens with one attached hydrogen (secondary N) is 2. The first-order valence-electron chi connectivity index (χ1n) is 9.16. The number of aromatic nitrogens is 2. The van der Waals surface area contributed by atoms with E-state index in [9.17, 15) is 0 Å². The van der Waals surface area contributed by atoms with Gasteiger partial charge in [-0.1, -0.05) is 20.8 Å². The highest BCUT2D eigenvalue weighted by Gasteiger charge is 2.24. The van der Waals surface area contributed by atoms with Crippen LogP contribution < -0.4 is 10.6 Å². The van der Waals surface area contributed by atoms with Gasteiger partial charge in [-0.2, -0.15) is 5.10 Å². The third-order valence-corrected chi connectivity index (χ3v) is 4.56. The molecule has 6 heteroatoms. The molecule has 0 amide bonds. The van der Waals surface area contributed by atoms with Gasteiger partial charge in [0.05, 0.1) is 18.3 Å². The molecule has 144 valence electrons. The van der Waals surface area contributed by atoms with Crippen LogP contribution >= 0.6 is 0 Å². The molecule has 0 radical (unpaired) electrons. The molecule has 0 spiro atoms. The lowest BCUT2D eigenvalue weighted by Crippen LogP contribution is -2.44. The van der Waals surface area contributed by atoms with Crippen LogP contribution in [0.3, 0.4) is 0 Å². The Bertz CT molecular complexity index is 571. The molecule has 2 atom stereocenters. The number of guanidine groups is 1. The lowest BCUT2D eigenvalue weighted by atomic mass is 9.89. The van der Waals surface area contributed by atoms with Gasteiger partial charge in [0.1, 0.15) is 0 Å². The van der Waals surface area contributed by atoms with E-state index in [0.717, 1.165) is 24.6 Å². The van der Waals surface area contributed by atoms with Crippen LogP contribution in [0.2, 0.25) is 0 Å². The van der Waals surface area contributed by atoms with Crippen molar-refractivity contribution in [1.82, 2.24) is 20.4 Å². The SMILES string of the molecule is CCNC(=NCC(OC)C(C)(C)C)NC(C)Cc1c(C)nn(C)c1C. The first-order valence-corrected chi connectivity index (χ1v) is 9.16. The molecule has 1 aromatic rings. The van der Waals surface area contributed by atoms with Crippen LogP contribution in [0.25, 0.3) is 0 Å². The molecule has 0 saturated carbocycles. The fourth-order valence-corrected chi connectivity index (χ4v) is 2.90. The van der Waals surface area contributed by atoms with Crippen molar-refractivity contribution in [1.29, 1.82) is 0 Å². The average Bonchev–Trinajstić information content (AvgIpc) is 2.73. The molecule has 25 heavy (non-hydrogen) atoms. The molecule has 0 aliphatic carbocycles. The van der Waals surface area contributed by atoms with E-state index < -0.39 is 0 Å². The van der Waals surface area contributed by atoms with E-state index in [4.69, 9.17) is 9.73 Å². The molecule has 0 fully saturated rings. The highest BCUT2D eigenvalue weighted by Crippen LogP contribution is 2.21. The van der Waals surface area contributed by atoms with E-state index in [2.05, 4.69) is 64.2 Å². The Morgan fingerprint density at radius 2 is 1.96 bits per heavy atom. The van der Waals surface area contributed by atoms with Crippen molar-refractivity contribution in [2.45, 2.75) is 67.0 Å². The molecule has 2 unspecified atom stereocenters. The predicted molar refractivity (Wildman–Crippen MR) is 105 cm³/mol. The first kappa shape index (κ1) is 21.5. The zero-order valence-electron chi connectivity index (χ0n) is 17.5. The van der Waals surface area contributed by atoms with Gasteiger partial charge in [0.25, 0.3) is 0 Å². The predicted octanol–water partition coefficient (Wildman–Crippen LogP) is 2.58. The Morgan fingerprint density at radius 3 is 2.40 bits per heavy atom. The molecule has 0 bridgehead atoms. The Kier molecular flexibility index (Phi) is 7.93. The van der Waals surface area contributed by atoms with Gasteiger partial charge in [0, 0.05) is 32.4 Å². The molecule has 0 saturated heterocycles. The zero-order valence-corrected chi connectivity index (χ0v) is 17.5. The number of methoxy groups -OCH3 is 1. The van der Waals surface area contributed by atoms with E-state index in [-0.39, 0.29) is 17.6 Å².